The standard InChI is InChI=1S/C21H14ClNO5S.C20H17NO4/c22-16(20(25)26)10-12-6-8-14(9-7-12)19(24)23-17-11-15(18(29-17)21(27)28)13-4-2-1-3-5-13;1-13-17(12-18(25-13)15-5-3-2-4-6-15)20(24)21-16-9-7-14(8-10-16)11-19(22)23/h1-11H,(H,23,24)(H,25,26)(H,27,28);2-10,12H,11H2,1H3,(H,21,24)(H,22,23). The van der Waals surface area contributed by atoms with Crippen LogP contribution in [0.25, 0.3) is 28.5 Å². The van der Waals surface area contributed by atoms with Gasteiger partial charge in [-0.3, -0.25) is 14.4 Å². The summed E-state index contributed by atoms with van der Waals surface area (Å²) < 4.78 is 5.70. The van der Waals surface area contributed by atoms with Crippen molar-refractivity contribution in [2.24, 2.45) is 0 Å². The topological polar surface area (TPSA) is 183 Å². The molecule has 4 aromatic carbocycles. The van der Waals surface area contributed by atoms with Crippen molar-refractivity contribution in [3.63, 3.8) is 0 Å². The number of rotatable bonds is 11. The minimum atomic E-state index is -1.24. The molecular weight excluding hydrogens is 732 g/mol. The van der Waals surface area contributed by atoms with E-state index < -0.39 is 23.8 Å². The Morgan fingerprint density at radius 1 is 0.741 bits per heavy atom. The Morgan fingerprint density at radius 3 is 1.93 bits per heavy atom. The first-order valence-corrected chi connectivity index (χ1v) is 17.3. The predicted molar refractivity (Wildman–Crippen MR) is 207 cm³/mol. The van der Waals surface area contributed by atoms with E-state index in [1.54, 1.807) is 67.6 Å². The number of nitrogens with one attached hydrogen (secondary N) is 2. The van der Waals surface area contributed by atoms with Crippen molar-refractivity contribution in [1.82, 2.24) is 0 Å². The number of amides is 2. The Bertz CT molecular complexity index is 2330. The third kappa shape index (κ3) is 10.2. The summed E-state index contributed by atoms with van der Waals surface area (Å²) in [7, 11) is 0. The largest absolute Gasteiger partial charge is 0.481 e. The van der Waals surface area contributed by atoms with E-state index in [1.165, 1.54) is 18.2 Å². The van der Waals surface area contributed by atoms with Gasteiger partial charge in [0.2, 0.25) is 0 Å². The number of carbonyl (C=O) groups excluding carboxylic acids is 2. The molecule has 5 N–H and O–H groups in total. The van der Waals surface area contributed by atoms with Crippen molar-refractivity contribution in [3.05, 3.63) is 159 Å². The highest BCUT2D eigenvalue weighted by molar-refractivity contribution is 7.18. The van der Waals surface area contributed by atoms with Gasteiger partial charge in [0.05, 0.1) is 17.0 Å². The molecule has 0 unspecified atom stereocenters. The number of thiophene rings is 1. The maximum Gasteiger partial charge on any atom is 0.347 e. The smallest absolute Gasteiger partial charge is 0.347 e. The van der Waals surface area contributed by atoms with Crippen molar-refractivity contribution in [2.45, 2.75) is 13.3 Å². The molecular formula is C41H31ClN2O9S. The van der Waals surface area contributed by atoms with E-state index in [9.17, 15) is 29.1 Å². The molecule has 272 valence electrons. The first-order valence-electron chi connectivity index (χ1n) is 16.1. The molecule has 0 aliphatic rings. The SMILES string of the molecule is Cc1oc(-c2ccccc2)cc1C(=O)Nc1ccc(CC(=O)O)cc1.O=C(O)C(Cl)=Cc1ccc(C(=O)Nc2cc(-c3ccccc3)c(C(=O)O)s2)cc1. The Balaban J connectivity index is 0.000000210. The molecule has 6 rings (SSSR count). The predicted octanol–water partition coefficient (Wildman–Crippen LogP) is 9.16. The van der Waals surface area contributed by atoms with Gasteiger partial charge in [-0.25, -0.2) is 9.59 Å². The normalized spacial score (nSPS) is 10.8. The summed E-state index contributed by atoms with van der Waals surface area (Å²) >= 11 is 6.57. The summed E-state index contributed by atoms with van der Waals surface area (Å²) in [4.78, 5) is 58.1. The fourth-order valence-electron chi connectivity index (χ4n) is 5.10. The number of benzene rings is 4. The highest BCUT2D eigenvalue weighted by Crippen LogP contribution is 2.35. The van der Waals surface area contributed by atoms with Crippen LogP contribution in [0.3, 0.4) is 0 Å². The summed E-state index contributed by atoms with van der Waals surface area (Å²) in [6.07, 6.45) is 1.23. The molecule has 0 saturated heterocycles. The minimum absolute atomic E-state index is 0.0461. The Morgan fingerprint density at radius 2 is 1.35 bits per heavy atom. The second kappa shape index (κ2) is 17.6. The number of hydrogen-bond acceptors (Lipinski definition) is 7. The van der Waals surface area contributed by atoms with Crippen LogP contribution in [-0.4, -0.2) is 45.0 Å². The number of carbonyl (C=O) groups is 5. The highest BCUT2D eigenvalue weighted by atomic mass is 35.5. The molecule has 2 amide bonds. The van der Waals surface area contributed by atoms with Gasteiger partial charge in [-0.15, -0.1) is 11.3 Å². The molecule has 0 fully saturated rings. The van der Waals surface area contributed by atoms with E-state index in [-0.39, 0.29) is 22.2 Å². The number of carboxylic acids is 3. The molecule has 2 heterocycles. The first-order chi connectivity index (χ1) is 25.9. The molecule has 0 spiro atoms. The second-order valence-electron chi connectivity index (χ2n) is 11.6. The van der Waals surface area contributed by atoms with Crippen LogP contribution in [0.2, 0.25) is 0 Å². The number of aryl methyl sites for hydroxylation is 1. The van der Waals surface area contributed by atoms with E-state index in [1.807, 2.05) is 48.5 Å². The maximum absolute atomic E-state index is 12.5. The third-order valence-corrected chi connectivity index (χ3v) is 9.02. The van der Waals surface area contributed by atoms with Crippen LogP contribution in [0.4, 0.5) is 10.7 Å². The molecule has 6 aromatic rings. The number of anilines is 2. The van der Waals surface area contributed by atoms with Gasteiger partial charge in [0, 0.05) is 22.4 Å². The van der Waals surface area contributed by atoms with Gasteiger partial charge in [0.25, 0.3) is 11.8 Å². The van der Waals surface area contributed by atoms with Gasteiger partial charge < -0.3 is 30.4 Å². The zero-order valence-corrected chi connectivity index (χ0v) is 30.0. The van der Waals surface area contributed by atoms with Crippen molar-refractivity contribution < 1.29 is 43.7 Å². The van der Waals surface area contributed by atoms with Gasteiger partial charge in [-0.1, -0.05) is 96.5 Å². The van der Waals surface area contributed by atoms with Crippen LogP contribution in [0.5, 0.6) is 0 Å². The van der Waals surface area contributed by atoms with E-state index in [2.05, 4.69) is 10.6 Å². The quantitative estimate of drug-likeness (QED) is 0.0803. The second-order valence-corrected chi connectivity index (χ2v) is 13.0. The molecule has 54 heavy (non-hydrogen) atoms. The van der Waals surface area contributed by atoms with E-state index in [0.717, 1.165) is 22.5 Å². The molecule has 0 atom stereocenters. The average molecular weight is 763 g/mol. The molecule has 0 bridgehead atoms. The summed E-state index contributed by atoms with van der Waals surface area (Å²) in [6, 6.07) is 34.9. The van der Waals surface area contributed by atoms with Gasteiger partial charge in [-0.05, 0) is 66.1 Å². The van der Waals surface area contributed by atoms with Crippen molar-refractivity contribution in [3.8, 4) is 22.5 Å². The fraction of sp³-hybridized carbons (Fsp3) is 0.0488. The first kappa shape index (κ1) is 38.5. The zero-order chi connectivity index (χ0) is 38.8. The Kier molecular flexibility index (Phi) is 12.6. The lowest BCUT2D eigenvalue weighted by molar-refractivity contribution is -0.136. The molecule has 0 aliphatic heterocycles. The molecule has 11 nitrogen and oxygen atoms in total. The van der Waals surface area contributed by atoms with E-state index in [0.29, 0.717) is 50.0 Å². The zero-order valence-electron chi connectivity index (χ0n) is 28.4. The lowest BCUT2D eigenvalue weighted by atomic mass is 10.1. The Hall–Kier alpha value is -6.76. The van der Waals surface area contributed by atoms with Crippen molar-refractivity contribution in [2.75, 3.05) is 10.6 Å². The van der Waals surface area contributed by atoms with Gasteiger partial charge in [0.15, 0.2) is 0 Å². The number of halogens is 1. The fourth-order valence-corrected chi connectivity index (χ4v) is 6.14. The number of carboxylic acid groups (broad SMARTS) is 3. The van der Waals surface area contributed by atoms with Gasteiger partial charge >= 0.3 is 17.9 Å². The number of furan rings is 1. The van der Waals surface area contributed by atoms with Crippen LogP contribution >= 0.6 is 22.9 Å². The summed E-state index contributed by atoms with van der Waals surface area (Å²) in [6.45, 7) is 1.75. The highest BCUT2D eigenvalue weighted by Gasteiger charge is 2.19. The maximum atomic E-state index is 12.5. The molecule has 2 aromatic heterocycles. The lowest BCUT2D eigenvalue weighted by Crippen LogP contribution is -2.12. The van der Waals surface area contributed by atoms with Gasteiger partial charge in [0.1, 0.15) is 21.4 Å². The van der Waals surface area contributed by atoms with Crippen LogP contribution in [-0.2, 0) is 16.0 Å². The minimum Gasteiger partial charge on any atom is -0.481 e. The van der Waals surface area contributed by atoms with Crippen LogP contribution < -0.4 is 10.6 Å². The Labute approximate surface area is 317 Å². The summed E-state index contributed by atoms with van der Waals surface area (Å²) in [5.74, 6) is -2.70. The average Bonchev–Trinajstić information content (AvgIpc) is 3.77. The van der Waals surface area contributed by atoms with Crippen molar-refractivity contribution in [1.29, 1.82) is 0 Å². The monoisotopic (exact) mass is 762 g/mol. The van der Waals surface area contributed by atoms with Crippen molar-refractivity contribution >= 4 is 69.4 Å². The lowest BCUT2D eigenvalue weighted by Gasteiger charge is -2.05. The van der Waals surface area contributed by atoms with Crippen LogP contribution in [0, 0.1) is 6.92 Å². The molecule has 0 aliphatic carbocycles. The van der Waals surface area contributed by atoms with Crippen LogP contribution in [0.1, 0.15) is 47.3 Å². The van der Waals surface area contributed by atoms with Crippen LogP contribution in [0.15, 0.2) is 131 Å². The van der Waals surface area contributed by atoms with E-state index >= 15 is 0 Å². The third-order valence-electron chi connectivity index (χ3n) is 7.71. The number of aliphatic carboxylic acids is 2. The van der Waals surface area contributed by atoms with Gasteiger partial charge in [-0.2, -0.15) is 0 Å². The summed E-state index contributed by atoms with van der Waals surface area (Å²) in [5, 5.41) is 32.6. The molecule has 13 heteroatoms. The number of hydrogen-bond donors (Lipinski definition) is 5. The molecule has 0 radical (unpaired) electrons. The molecule has 0 saturated carbocycles. The van der Waals surface area contributed by atoms with E-state index in [4.69, 9.17) is 26.2 Å². The number of aromatic carboxylic acids is 1. The summed E-state index contributed by atoms with van der Waals surface area (Å²) in [5.41, 5.74) is 4.79.